The van der Waals surface area contributed by atoms with E-state index in [0.717, 1.165) is 0 Å². The minimum atomic E-state index is -0.861. The Kier molecular flexibility index (Phi) is 5.21. The van der Waals surface area contributed by atoms with Gasteiger partial charge in [-0.1, -0.05) is 31.4 Å². The molecule has 4 heteroatoms. The number of allylic oxidation sites excluding steroid dienone is 2. The molecule has 0 radical (unpaired) electrons. The van der Waals surface area contributed by atoms with Crippen LogP contribution in [0.1, 0.15) is 51.9 Å². The highest BCUT2D eigenvalue weighted by atomic mass is 16.4. The summed E-state index contributed by atoms with van der Waals surface area (Å²) in [5.74, 6) is -1.38. The molecule has 0 heterocycles. The number of hydrogen-bond acceptors (Lipinski definition) is 2. The number of carboxylic acids is 1. The molecule has 3 atom stereocenters. The Labute approximate surface area is 120 Å². The van der Waals surface area contributed by atoms with Gasteiger partial charge >= 0.3 is 5.97 Å². The zero-order chi connectivity index (χ0) is 14.5. The third-order valence-electron chi connectivity index (χ3n) is 4.81. The van der Waals surface area contributed by atoms with Gasteiger partial charge in [0, 0.05) is 6.04 Å². The quantitative estimate of drug-likeness (QED) is 0.778. The lowest BCUT2D eigenvalue weighted by atomic mass is 9.81. The van der Waals surface area contributed by atoms with Gasteiger partial charge in [0.05, 0.1) is 11.8 Å². The van der Waals surface area contributed by atoms with Crippen LogP contribution in [-0.2, 0) is 9.59 Å². The van der Waals surface area contributed by atoms with E-state index in [1.165, 1.54) is 32.1 Å². The van der Waals surface area contributed by atoms with E-state index in [4.69, 9.17) is 0 Å². The Morgan fingerprint density at radius 1 is 1.10 bits per heavy atom. The highest BCUT2D eigenvalue weighted by Crippen LogP contribution is 2.29. The molecular weight excluding hydrogens is 254 g/mol. The smallest absolute Gasteiger partial charge is 0.307 e. The average molecular weight is 279 g/mol. The molecule has 2 rings (SSSR count). The second kappa shape index (κ2) is 6.91. The van der Waals surface area contributed by atoms with Crippen LogP contribution in [-0.4, -0.2) is 23.0 Å². The molecule has 0 aliphatic heterocycles. The summed E-state index contributed by atoms with van der Waals surface area (Å²) in [7, 11) is 0. The maximum Gasteiger partial charge on any atom is 0.307 e. The predicted octanol–water partition coefficient (Wildman–Crippen LogP) is 2.74. The summed E-state index contributed by atoms with van der Waals surface area (Å²) in [6.07, 6.45) is 10.9. The van der Waals surface area contributed by atoms with Gasteiger partial charge in [0.1, 0.15) is 0 Å². The van der Waals surface area contributed by atoms with Crippen molar-refractivity contribution in [2.45, 2.75) is 57.9 Å². The number of rotatable bonds is 4. The van der Waals surface area contributed by atoms with Crippen LogP contribution in [0.4, 0.5) is 0 Å². The number of aliphatic carboxylic acids is 1. The van der Waals surface area contributed by atoms with Crippen LogP contribution < -0.4 is 5.32 Å². The van der Waals surface area contributed by atoms with Crippen molar-refractivity contribution in [2.24, 2.45) is 17.8 Å². The first-order valence-corrected chi connectivity index (χ1v) is 7.77. The minimum Gasteiger partial charge on any atom is -0.481 e. The lowest BCUT2D eigenvalue weighted by Crippen LogP contribution is -2.45. The maximum atomic E-state index is 12.4. The Balaban J connectivity index is 1.92. The van der Waals surface area contributed by atoms with Gasteiger partial charge in [-0.25, -0.2) is 0 Å². The van der Waals surface area contributed by atoms with E-state index in [2.05, 4.69) is 12.2 Å². The number of carbonyl (C=O) groups is 2. The van der Waals surface area contributed by atoms with Crippen LogP contribution in [0.5, 0.6) is 0 Å². The van der Waals surface area contributed by atoms with Crippen LogP contribution in [0, 0.1) is 17.8 Å². The van der Waals surface area contributed by atoms with Crippen LogP contribution >= 0.6 is 0 Å². The van der Waals surface area contributed by atoms with Gasteiger partial charge in [-0.3, -0.25) is 9.59 Å². The molecule has 1 amide bonds. The first-order valence-electron chi connectivity index (χ1n) is 7.77. The number of carboxylic acid groups (broad SMARTS) is 1. The topological polar surface area (TPSA) is 66.4 Å². The van der Waals surface area contributed by atoms with Gasteiger partial charge in [-0.15, -0.1) is 0 Å². The van der Waals surface area contributed by atoms with Gasteiger partial charge in [-0.05, 0) is 38.5 Å². The number of nitrogens with one attached hydrogen (secondary N) is 1. The van der Waals surface area contributed by atoms with Gasteiger partial charge in [0.25, 0.3) is 0 Å². The Morgan fingerprint density at radius 3 is 2.30 bits per heavy atom. The standard InChI is InChI=1S/C16H25NO3/c1-11(12-7-3-2-4-8-12)17-15(18)13-9-5-6-10-14(13)16(19)20/h5-6,11-14H,2-4,7-10H2,1H3,(H,17,18)(H,19,20)/t11-,13+,14-/m0/s1. The molecule has 2 aliphatic rings. The highest BCUT2D eigenvalue weighted by Gasteiger charge is 2.35. The lowest BCUT2D eigenvalue weighted by molar-refractivity contribution is -0.147. The zero-order valence-corrected chi connectivity index (χ0v) is 12.2. The summed E-state index contributed by atoms with van der Waals surface area (Å²) in [5.41, 5.74) is 0. The second-order valence-corrected chi connectivity index (χ2v) is 6.19. The van der Waals surface area contributed by atoms with Crippen molar-refractivity contribution in [3.63, 3.8) is 0 Å². The van der Waals surface area contributed by atoms with E-state index in [1.54, 1.807) is 0 Å². The lowest BCUT2D eigenvalue weighted by Gasteiger charge is -2.31. The fourth-order valence-corrected chi connectivity index (χ4v) is 3.46. The van der Waals surface area contributed by atoms with E-state index in [0.29, 0.717) is 18.8 Å². The molecule has 0 saturated heterocycles. The van der Waals surface area contributed by atoms with E-state index in [-0.39, 0.29) is 11.9 Å². The normalized spacial score (nSPS) is 28.9. The van der Waals surface area contributed by atoms with Gasteiger partial charge in [-0.2, -0.15) is 0 Å². The summed E-state index contributed by atoms with van der Waals surface area (Å²) >= 11 is 0. The number of carbonyl (C=O) groups excluding carboxylic acids is 1. The van der Waals surface area contributed by atoms with E-state index in [9.17, 15) is 14.7 Å². The van der Waals surface area contributed by atoms with Gasteiger partial charge < -0.3 is 10.4 Å². The molecule has 1 saturated carbocycles. The second-order valence-electron chi connectivity index (χ2n) is 6.19. The summed E-state index contributed by atoms with van der Waals surface area (Å²) in [4.78, 5) is 23.6. The van der Waals surface area contributed by atoms with Crippen molar-refractivity contribution < 1.29 is 14.7 Å². The Morgan fingerprint density at radius 2 is 1.70 bits per heavy atom. The molecule has 0 spiro atoms. The van der Waals surface area contributed by atoms with Crippen LogP contribution in [0.15, 0.2) is 12.2 Å². The first-order chi connectivity index (χ1) is 9.59. The van der Waals surface area contributed by atoms with Gasteiger partial charge in [0.2, 0.25) is 5.91 Å². The summed E-state index contributed by atoms with van der Waals surface area (Å²) in [6.45, 7) is 2.06. The van der Waals surface area contributed by atoms with Crippen LogP contribution in [0.3, 0.4) is 0 Å². The summed E-state index contributed by atoms with van der Waals surface area (Å²) in [6, 6.07) is 0.156. The molecule has 2 aliphatic carbocycles. The SMILES string of the molecule is C[C@H](NC(=O)[C@@H]1CC=CC[C@@H]1C(=O)O)C1CCCCC1. The number of amides is 1. The molecular formula is C16H25NO3. The molecule has 1 fully saturated rings. The van der Waals surface area contributed by atoms with Crippen molar-refractivity contribution in [3.05, 3.63) is 12.2 Å². The van der Waals surface area contributed by atoms with Crippen molar-refractivity contribution >= 4 is 11.9 Å². The zero-order valence-electron chi connectivity index (χ0n) is 12.2. The van der Waals surface area contributed by atoms with Crippen molar-refractivity contribution in [2.75, 3.05) is 0 Å². The minimum absolute atomic E-state index is 0.0835. The molecule has 0 aromatic heterocycles. The highest BCUT2D eigenvalue weighted by molar-refractivity contribution is 5.85. The third kappa shape index (κ3) is 3.62. The van der Waals surface area contributed by atoms with Crippen molar-refractivity contribution in [1.29, 1.82) is 0 Å². The van der Waals surface area contributed by atoms with E-state index in [1.807, 2.05) is 12.2 Å². The molecule has 0 bridgehead atoms. The molecule has 0 aromatic rings. The Bertz CT molecular complexity index is 385. The van der Waals surface area contributed by atoms with Gasteiger partial charge in [0.15, 0.2) is 0 Å². The number of hydrogen-bond donors (Lipinski definition) is 2. The molecule has 0 aromatic carbocycles. The monoisotopic (exact) mass is 279 g/mol. The third-order valence-corrected chi connectivity index (χ3v) is 4.81. The largest absolute Gasteiger partial charge is 0.481 e. The van der Waals surface area contributed by atoms with Crippen molar-refractivity contribution in [1.82, 2.24) is 5.32 Å². The first kappa shape index (κ1) is 15.1. The summed E-state index contributed by atoms with van der Waals surface area (Å²) < 4.78 is 0. The Hall–Kier alpha value is -1.32. The molecule has 4 nitrogen and oxygen atoms in total. The maximum absolute atomic E-state index is 12.4. The van der Waals surface area contributed by atoms with E-state index >= 15 is 0 Å². The van der Waals surface area contributed by atoms with Crippen LogP contribution in [0.2, 0.25) is 0 Å². The molecule has 2 N–H and O–H groups in total. The molecule has 0 unspecified atom stereocenters. The van der Waals surface area contributed by atoms with Crippen molar-refractivity contribution in [3.8, 4) is 0 Å². The molecule has 20 heavy (non-hydrogen) atoms. The fourth-order valence-electron chi connectivity index (χ4n) is 3.46. The average Bonchev–Trinajstić information content (AvgIpc) is 2.48. The molecule has 112 valence electrons. The fraction of sp³-hybridized carbons (Fsp3) is 0.750. The summed E-state index contributed by atoms with van der Waals surface area (Å²) in [5, 5.41) is 12.3. The predicted molar refractivity (Wildman–Crippen MR) is 77.2 cm³/mol. The van der Waals surface area contributed by atoms with E-state index < -0.39 is 17.8 Å². The van der Waals surface area contributed by atoms with Crippen LogP contribution in [0.25, 0.3) is 0 Å².